The van der Waals surface area contributed by atoms with Gasteiger partial charge in [-0.05, 0) is 48.0 Å². The number of aromatic nitrogens is 3. The molecule has 0 bridgehead atoms. The van der Waals surface area contributed by atoms with Crippen molar-refractivity contribution in [1.82, 2.24) is 14.8 Å². The normalized spacial score (nSPS) is 10.9. The van der Waals surface area contributed by atoms with Crippen molar-refractivity contribution in [2.24, 2.45) is 0 Å². The van der Waals surface area contributed by atoms with Crippen molar-refractivity contribution in [3.8, 4) is 5.75 Å². The first-order valence-electron chi connectivity index (χ1n) is 9.18. The fourth-order valence-corrected chi connectivity index (χ4v) is 3.69. The minimum atomic E-state index is -0.518. The topological polar surface area (TPSA) is 82.2 Å². The molecule has 2 aromatic heterocycles. The maximum atomic E-state index is 13.2. The molecule has 2 heterocycles. The van der Waals surface area contributed by atoms with Gasteiger partial charge in [-0.2, -0.15) is 0 Å². The van der Waals surface area contributed by atoms with Gasteiger partial charge < -0.3 is 9.15 Å². The number of rotatable bonds is 7. The van der Waals surface area contributed by atoms with Crippen molar-refractivity contribution < 1.29 is 18.3 Å². The molecule has 0 fully saturated rings. The number of carbonyl (C=O) groups excluding carboxylic acids is 1. The minimum absolute atomic E-state index is 0.0726. The molecule has 1 amide bonds. The molecule has 0 radical (unpaired) electrons. The van der Waals surface area contributed by atoms with Gasteiger partial charge in [-0.1, -0.05) is 45.2 Å². The molecule has 4 rings (SSSR count). The molecule has 0 unspecified atom stereocenters. The number of amides is 1. The number of hydrogen-bond donors (Lipinski definition) is 1. The average molecular weight is 540 g/mol. The molecule has 0 spiro atoms. The predicted octanol–water partition coefficient (Wildman–Crippen LogP) is 5.96. The third kappa shape index (κ3) is 5.48. The second-order valence-corrected chi connectivity index (χ2v) is 8.32. The van der Waals surface area contributed by atoms with Gasteiger partial charge in [0, 0.05) is 9.50 Å². The molecule has 32 heavy (non-hydrogen) atoms. The Bertz CT molecular complexity index is 1280. The van der Waals surface area contributed by atoms with E-state index in [0.717, 1.165) is 4.47 Å². The summed E-state index contributed by atoms with van der Waals surface area (Å²) in [5.41, 5.74) is 0.664. The highest BCUT2D eigenvalue weighted by Gasteiger charge is 2.15. The highest BCUT2D eigenvalue weighted by atomic mass is 79.9. The molecular weight excluding hydrogens is 526 g/mol. The number of halogens is 4. The first kappa shape index (κ1) is 22.3. The second-order valence-electron chi connectivity index (χ2n) is 6.58. The van der Waals surface area contributed by atoms with Crippen LogP contribution in [0.1, 0.15) is 21.9 Å². The number of furan rings is 1. The van der Waals surface area contributed by atoms with Gasteiger partial charge in [-0.3, -0.25) is 10.1 Å². The summed E-state index contributed by atoms with van der Waals surface area (Å²) in [6.07, 6.45) is 1.43. The summed E-state index contributed by atoms with van der Waals surface area (Å²) in [6.45, 7) is 0.364. The molecule has 164 valence electrons. The first-order chi connectivity index (χ1) is 15.4. The lowest BCUT2D eigenvalue weighted by atomic mass is 10.2. The van der Waals surface area contributed by atoms with E-state index in [-0.39, 0.29) is 29.9 Å². The van der Waals surface area contributed by atoms with Crippen LogP contribution >= 0.6 is 39.1 Å². The zero-order valence-corrected chi connectivity index (χ0v) is 19.3. The van der Waals surface area contributed by atoms with Gasteiger partial charge in [-0.25, -0.2) is 14.1 Å². The van der Waals surface area contributed by atoms with E-state index in [1.807, 2.05) is 0 Å². The van der Waals surface area contributed by atoms with E-state index in [9.17, 15) is 9.18 Å². The van der Waals surface area contributed by atoms with Crippen LogP contribution in [0, 0.1) is 5.82 Å². The van der Waals surface area contributed by atoms with E-state index in [1.165, 1.54) is 29.2 Å². The third-order valence-corrected chi connectivity index (χ3v) is 5.40. The van der Waals surface area contributed by atoms with Crippen LogP contribution in [0.15, 0.2) is 63.7 Å². The van der Waals surface area contributed by atoms with Crippen LogP contribution in [-0.2, 0) is 13.2 Å². The SMILES string of the molecule is O=C(Nc1ncn(Cc2ccc(F)cc2Cl)n1)c1ccc(COc2ccc(Br)cc2Cl)o1. The van der Waals surface area contributed by atoms with Crippen LogP contribution < -0.4 is 10.1 Å². The van der Waals surface area contributed by atoms with Gasteiger partial charge >= 0.3 is 0 Å². The molecule has 2 aromatic carbocycles. The second kappa shape index (κ2) is 9.72. The summed E-state index contributed by atoms with van der Waals surface area (Å²) in [7, 11) is 0. The third-order valence-electron chi connectivity index (χ3n) is 4.26. The number of hydrogen-bond acceptors (Lipinski definition) is 5. The quantitative estimate of drug-likeness (QED) is 0.313. The first-order valence-corrected chi connectivity index (χ1v) is 10.7. The van der Waals surface area contributed by atoms with Crippen LogP contribution in [0.4, 0.5) is 10.3 Å². The maximum Gasteiger partial charge on any atom is 0.293 e. The standard InChI is InChI=1S/C21H14BrCl2FN4O3/c22-13-2-5-18(17(24)7-13)31-10-15-4-6-19(32-15)20(30)27-21-26-11-29(28-21)9-12-1-3-14(25)8-16(12)23/h1-8,11H,9-10H2,(H,27,28,30). The fraction of sp³-hybridized carbons (Fsp3) is 0.0952. The van der Waals surface area contributed by atoms with Crippen LogP contribution in [-0.4, -0.2) is 20.7 Å². The van der Waals surface area contributed by atoms with Gasteiger partial charge in [0.1, 0.15) is 30.3 Å². The number of benzene rings is 2. The van der Waals surface area contributed by atoms with E-state index in [0.29, 0.717) is 22.1 Å². The molecule has 7 nitrogen and oxygen atoms in total. The molecule has 4 aromatic rings. The Balaban J connectivity index is 1.35. The van der Waals surface area contributed by atoms with Crippen LogP contribution in [0.5, 0.6) is 5.75 Å². The Morgan fingerprint density at radius 3 is 2.78 bits per heavy atom. The predicted molar refractivity (Wildman–Crippen MR) is 121 cm³/mol. The van der Waals surface area contributed by atoms with Crippen molar-refractivity contribution in [3.63, 3.8) is 0 Å². The Hall–Kier alpha value is -2.88. The number of ether oxygens (including phenoxy) is 1. The summed E-state index contributed by atoms with van der Waals surface area (Å²) in [6, 6.07) is 12.5. The van der Waals surface area contributed by atoms with Crippen molar-refractivity contribution in [2.75, 3.05) is 5.32 Å². The summed E-state index contributed by atoms with van der Waals surface area (Å²) in [4.78, 5) is 16.5. The van der Waals surface area contributed by atoms with Crippen molar-refractivity contribution in [2.45, 2.75) is 13.2 Å². The molecular formula is C21H14BrCl2FN4O3. The molecule has 0 saturated carbocycles. The zero-order valence-electron chi connectivity index (χ0n) is 16.2. The van der Waals surface area contributed by atoms with E-state index in [4.69, 9.17) is 32.4 Å². The van der Waals surface area contributed by atoms with Gasteiger partial charge in [0.15, 0.2) is 5.76 Å². The lowest BCUT2D eigenvalue weighted by Crippen LogP contribution is -2.12. The van der Waals surface area contributed by atoms with Gasteiger partial charge in [0.2, 0.25) is 5.95 Å². The summed E-state index contributed by atoms with van der Waals surface area (Å²) in [5.74, 6) is 0.156. The molecule has 11 heteroatoms. The average Bonchev–Trinajstić information content (AvgIpc) is 3.39. The highest BCUT2D eigenvalue weighted by molar-refractivity contribution is 9.10. The smallest absolute Gasteiger partial charge is 0.293 e. The zero-order chi connectivity index (χ0) is 22.7. The van der Waals surface area contributed by atoms with Crippen molar-refractivity contribution in [3.05, 3.63) is 92.3 Å². The van der Waals surface area contributed by atoms with Crippen molar-refractivity contribution in [1.29, 1.82) is 0 Å². The number of anilines is 1. The molecule has 0 atom stereocenters. The monoisotopic (exact) mass is 538 g/mol. The van der Waals surface area contributed by atoms with Crippen LogP contribution in [0.2, 0.25) is 10.0 Å². The molecule has 0 aliphatic carbocycles. The fourth-order valence-electron chi connectivity index (χ4n) is 2.73. The van der Waals surface area contributed by atoms with Crippen LogP contribution in [0.3, 0.4) is 0 Å². The number of carbonyl (C=O) groups is 1. The lowest BCUT2D eigenvalue weighted by Gasteiger charge is -2.06. The van der Waals surface area contributed by atoms with Crippen molar-refractivity contribution >= 4 is 51.0 Å². The highest BCUT2D eigenvalue weighted by Crippen LogP contribution is 2.28. The Kier molecular flexibility index (Phi) is 6.78. The van der Waals surface area contributed by atoms with Gasteiger partial charge in [0.05, 0.1) is 11.6 Å². The Labute approximate surface area is 200 Å². The van der Waals surface area contributed by atoms with E-state index < -0.39 is 11.7 Å². The van der Waals surface area contributed by atoms with Crippen LogP contribution in [0.25, 0.3) is 0 Å². The molecule has 0 saturated heterocycles. The summed E-state index contributed by atoms with van der Waals surface area (Å²) in [5, 5.41) is 7.46. The van der Waals surface area contributed by atoms with Gasteiger partial charge in [-0.15, -0.1) is 5.10 Å². The molecule has 0 aliphatic heterocycles. The molecule has 1 N–H and O–H groups in total. The summed E-state index contributed by atoms with van der Waals surface area (Å²) < 4.78 is 26.6. The van der Waals surface area contributed by atoms with E-state index >= 15 is 0 Å². The molecule has 0 aliphatic rings. The maximum absolute atomic E-state index is 13.2. The Morgan fingerprint density at radius 2 is 2.00 bits per heavy atom. The number of nitrogens with one attached hydrogen (secondary N) is 1. The Morgan fingerprint density at radius 1 is 1.16 bits per heavy atom. The number of nitrogens with zero attached hydrogens (tertiary/aromatic N) is 3. The largest absolute Gasteiger partial charge is 0.484 e. The van der Waals surface area contributed by atoms with Gasteiger partial charge in [0.25, 0.3) is 5.91 Å². The van der Waals surface area contributed by atoms with E-state index in [2.05, 4.69) is 31.3 Å². The van der Waals surface area contributed by atoms with E-state index in [1.54, 1.807) is 30.3 Å². The minimum Gasteiger partial charge on any atom is -0.484 e. The summed E-state index contributed by atoms with van der Waals surface area (Å²) >= 11 is 15.5. The lowest BCUT2D eigenvalue weighted by molar-refractivity contribution is 0.0991.